The van der Waals surface area contributed by atoms with Gasteiger partial charge in [0.05, 0.1) is 18.6 Å². The Morgan fingerprint density at radius 3 is 2.76 bits per heavy atom. The van der Waals surface area contributed by atoms with Gasteiger partial charge < -0.3 is 4.98 Å². The number of nitrogens with one attached hydrogen (secondary N) is 2. The number of fused-ring (bicyclic) bond motifs is 2. The van der Waals surface area contributed by atoms with Crippen LogP contribution >= 0.6 is 11.6 Å². The van der Waals surface area contributed by atoms with Gasteiger partial charge in [-0.1, -0.05) is 11.6 Å². The molecule has 3 aromatic heterocycles. The topological polar surface area (TPSA) is 131 Å². The Morgan fingerprint density at radius 1 is 1.16 bits per heavy atom. The van der Waals surface area contributed by atoms with Crippen molar-refractivity contribution in [2.75, 3.05) is 0 Å². The van der Waals surface area contributed by atoms with Gasteiger partial charge in [0, 0.05) is 10.4 Å². The molecule has 0 saturated carbocycles. The molecular weight excluding hydrogens is 350 g/mol. The number of aromatic nitrogens is 7. The lowest BCUT2D eigenvalue weighted by Crippen LogP contribution is -2.34. The Morgan fingerprint density at radius 2 is 2.00 bits per heavy atom. The molecule has 0 atom stereocenters. The average Bonchev–Trinajstić information content (AvgIpc) is 3.10. The monoisotopic (exact) mass is 359 g/mol. The SMILES string of the molecule is O=c1[nH]n(CCn2cnnn2)c(=O)c2c(=O)c3ccc(Cl)cc3[nH]c12. The van der Waals surface area contributed by atoms with Crippen molar-refractivity contribution in [3.63, 3.8) is 0 Å². The molecular formula is C14H10ClN7O3. The van der Waals surface area contributed by atoms with Gasteiger partial charge in [0.25, 0.3) is 11.1 Å². The number of pyridine rings is 1. The smallest absolute Gasteiger partial charge is 0.287 e. The predicted octanol–water partition coefficient (Wildman–Crippen LogP) is -0.129. The number of nitrogens with zero attached hydrogens (tertiary/aromatic N) is 5. The number of benzene rings is 1. The maximum Gasteiger partial charge on any atom is 0.287 e. The third-order valence-corrected chi connectivity index (χ3v) is 4.06. The van der Waals surface area contributed by atoms with Crippen molar-refractivity contribution in [2.24, 2.45) is 0 Å². The number of hydrogen-bond donors (Lipinski definition) is 2. The van der Waals surface area contributed by atoms with Crippen molar-refractivity contribution in [1.29, 1.82) is 0 Å². The molecule has 0 radical (unpaired) electrons. The van der Waals surface area contributed by atoms with E-state index in [-0.39, 0.29) is 29.4 Å². The number of aromatic amines is 2. The summed E-state index contributed by atoms with van der Waals surface area (Å²) >= 11 is 5.92. The van der Waals surface area contributed by atoms with Gasteiger partial charge in [-0.2, -0.15) is 0 Å². The van der Waals surface area contributed by atoms with Gasteiger partial charge in [-0.05, 0) is 28.6 Å². The Hall–Kier alpha value is -3.27. The fourth-order valence-electron chi connectivity index (χ4n) is 2.64. The van der Waals surface area contributed by atoms with E-state index in [2.05, 4.69) is 25.6 Å². The summed E-state index contributed by atoms with van der Waals surface area (Å²) < 4.78 is 2.48. The highest BCUT2D eigenvalue weighted by Gasteiger charge is 2.14. The van der Waals surface area contributed by atoms with Crippen LogP contribution in [0.5, 0.6) is 0 Å². The molecule has 126 valence electrons. The van der Waals surface area contributed by atoms with Crippen molar-refractivity contribution in [2.45, 2.75) is 13.1 Å². The van der Waals surface area contributed by atoms with Gasteiger partial charge in [0.15, 0.2) is 0 Å². The molecule has 4 aromatic rings. The normalized spacial score (nSPS) is 11.4. The summed E-state index contributed by atoms with van der Waals surface area (Å²) in [5.74, 6) is 0. The fraction of sp³-hybridized carbons (Fsp3) is 0.143. The standard InChI is InChI=1S/C14H10ClN7O3/c15-7-1-2-8-9(5-7)17-11-10(12(8)23)14(25)22(18-13(11)24)4-3-21-6-16-19-20-21/h1-2,5-6H,3-4H2,(H,17,23)(H,18,24). The van der Waals surface area contributed by atoms with Crippen LogP contribution in [0.3, 0.4) is 0 Å². The Kier molecular flexibility index (Phi) is 3.46. The summed E-state index contributed by atoms with van der Waals surface area (Å²) in [6, 6.07) is 4.59. The largest absolute Gasteiger partial charge is 0.350 e. The molecule has 2 N–H and O–H groups in total. The summed E-state index contributed by atoms with van der Waals surface area (Å²) in [6.07, 6.45) is 1.38. The molecule has 3 heterocycles. The van der Waals surface area contributed by atoms with E-state index >= 15 is 0 Å². The van der Waals surface area contributed by atoms with Crippen LogP contribution < -0.4 is 16.5 Å². The van der Waals surface area contributed by atoms with Gasteiger partial charge in [-0.3, -0.25) is 19.5 Å². The Bertz CT molecular complexity index is 1270. The molecule has 0 unspecified atom stereocenters. The van der Waals surface area contributed by atoms with Crippen molar-refractivity contribution in [1.82, 2.24) is 35.0 Å². The summed E-state index contributed by atoms with van der Waals surface area (Å²) in [4.78, 5) is 40.5. The van der Waals surface area contributed by atoms with Gasteiger partial charge in [-0.15, -0.1) is 5.10 Å². The molecule has 0 fully saturated rings. The molecule has 10 nitrogen and oxygen atoms in total. The molecule has 0 aliphatic carbocycles. The summed E-state index contributed by atoms with van der Waals surface area (Å²) in [5.41, 5.74) is -1.39. The minimum atomic E-state index is -0.597. The Labute approximate surface area is 142 Å². The zero-order valence-electron chi connectivity index (χ0n) is 12.6. The van der Waals surface area contributed by atoms with E-state index < -0.39 is 16.5 Å². The van der Waals surface area contributed by atoms with Crippen molar-refractivity contribution in [3.05, 3.63) is 60.5 Å². The lowest BCUT2D eigenvalue weighted by molar-refractivity contribution is 0.473. The molecule has 11 heteroatoms. The van der Waals surface area contributed by atoms with Gasteiger partial charge in [0.2, 0.25) is 5.43 Å². The number of H-pyrrole nitrogens is 2. The molecule has 1 aromatic carbocycles. The van der Waals surface area contributed by atoms with E-state index in [0.29, 0.717) is 10.5 Å². The van der Waals surface area contributed by atoms with E-state index in [9.17, 15) is 14.4 Å². The highest BCUT2D eigenvalue weighted by Crippen LogP contribution is 2.16. The third-order valence-electron chi connectivity index (χ3n) is 3.83. The van der Waals surface area contributed by atoms with E-state index in [4.69, 9.17) is 11.6 Å². The minimum absolute atomic E-state index is 0.0801. The second-order valence-corrected chi connectivity index (χ2v) is 5.80. The quantitative estimate of drug-likeness (QED) is 0.490. The molecule has 0 saturated heterocycles. The summed E-state index contributed by atoms with van der Waals surface area (Å²) in [7, 11) is 0. The zero-order chi connectivity index (χ0) is 17.6. The molecule has 4 rings (SSSR count). The minimum Gasteiger partial charge on any atom is -0.350 e. The molecule has 0 bridgehead atoms. The lowest BCUT2D eigenvalue weighted by Gasteiger charge is -2.07. The van der Waals surface area contributed by atoms with Crippen LogP contribution in [-0.4, -0.2) is 35.0 Å². The van der Waals surface area contributed by atoms with E-state index in [1.165, 1.54) is 23.1 Å². The number of hydrogen-bond acceptors (Lipinski definition) is 6. The van der Waals surface area contributed by atoms with Crippen LogP contribution in [0.2, 0.25) is 5.02 Å². The van der Waals surface area contributed by atoms with Crippen LogP contribution in [-0.2, 0) is 13.1 Å². The van der Waals surface area contributed by atoms with E-state index in [1.54, 1.807) is 6.07 Å². The molecule has 0 aliphatic heterocycles. The first-order valence-electron chi connectivity index (χ1n) is 7.24. The summed E-state index contributed by atoms with van der Waals surface area (Å²) in [6.45, 7) is 0.364. The van der Waals surface area contributed by atoms with Crippen molar-refractivity contribution >= 4 is 33.4 Å². The highest BCUT2D eigenvalue weighted by atomic mass is 35.5. The highest BCUT2D eigenvalue weighted by molar-refractivity contribution is 6.31. The summed E-state index contributed by atoms with van der Waals surface area (Å²) in [5, 5.41) is 13.6. The molecule has 25 heavy (non-hydrogen) atoms. The molecule has 0 amide bonds. The van der Waals surface area contributed by atoms with Crippen LogP contribution in [0.1, 0.15) is 0 Å². The van der Waals surface area contributed by atoms with Crippen LogP contribution in [0.15, 0.2) is 38.9 Å². The first-order valence-corrected chi connectivity index (χ1v) is 7.61. The maximum atomic E-state index is 12.7. The second kappa shape index (κ2) is 5.67. The second-order valence-electron chi connectivity index (χ2n) is 5.36. The zero-order valence-corrected chi connectivity index (χ0v) is 13.3. The number of aryl methyl sites for hydroxylation is 2. The number of halogens is 1. The predicted molar refractivity (Wildman–Crippen MR) is 89.8 cm³/mol. The Balaban J connectivity index is 1.95. The molecule has 0 aliphatic rings. The van der Waals surface area contributed by atoms with Crippen LogP contribution in [0.4, 0.5) is 0 Å². The van der Waals surface area contributed by atoms with E-state index in [1.807, 2.05) is 0 Å². The van der Waals surface area contributed by atoms with Crippen molar-refractivity contribution < 1.29 is 0 Å². The number of rotatable bonds is 3. The van der Waals surface area contributed by atoms with Gasteiger partial charge in [-0.25, -0.2) is 9.36 Å². The van der Waals surface area contributed by atoms with Gasteiger partial charge in [0.1, 0.15) is 17.2 Å². The maximum absolute atomic E-state index is 12.7. The van der Waals surface area contributed by atoms with E-state index in [0.717, 1.165) is 4.68 Å². The van der Waals surface area contributed by atoms with Gasteiger partial charge >= 0.3 is 0 Å². The van der Waals surface area contributed by atoms with Crippen LogP contribution in [0, 0.1) is 0 Å². The average molecular weight is 360 g/mol. The third kappa shape index (κ3) is 2.52. The van der Waals surface area contributed by atoms with Crippen molar-refractivity contribution in [3.8, 4) is 0 Å². The fourth-order valence-corrected chi connectivity index (χ4v) is 2.82. The number of tetrazole rings is 1. The molecule has 0 spiro atoms. The first kappa shape index (κ1) is 15.3. The first-order chi connectivity index (χ1) is 12.0. The lowest BCUT2D eigenvalue weighted by atomic mass is 10.1. The van der Waals surface area contributed by atoms with Crippen LogP contribution in [0.25, 0.3) is 21.8 Å².